The van der Waals surface area contributed by atoms with Crippen molar-refractivity contribution in [3.63, 3.8) is 0 Å². The van der Waals surface area contributed by atoms with E-state index in [2.05, 4.69) is 29.2 Å². The van der Waals surface area contributed by atoms with E-state index in [1.807, 2.05) is 75.9 Å². The minimum Gasteiger partial charge on any atom is -0.462 e. The molecule has 2 fully saturated rings. The Labute approximate surface area is 259 Å². The monoisotopic (exact) mass is 603 g/mol. The van der Waals surface area contributed by atoms with Crippen molar-refractivity contribution in [1.29, 1.82) is 0 Å². The molecule has 2 aliphatic rings. The van der Waals surface area contributed by atoms with E-state index in [4.69, 9.17) is 20.2 Å². The summed E-state index contributed by atoms with van der Waals surface area (Å²) in [4.78, 5) is 41.9. The third kappa shape index (κ3) is 6.83. The lowest BCUT2D eigenvalue weighted by Gasteiger charge is -2.41. The minimum absolute atomic E-state index is 0.0468. The van der Waals surface area contributed by atoms with E-state index in [0.29, 0.717) is 43.7 Å². The standard InChI is InChI=1S/C33H45N7O4/c1-20-16-24(38(7)17-20)19-43-31-36-28(30(41)35-25-13-9-12-23-11-8-10-21(2)26(23)25)27(34)29(37-31)40-15-14-39(18-22(40)3)32(42)44-33(4,5)6/h8-13,20,22,24H,14-19,34H2,1-7H3,(H,35,41)/t20?,22?,24-/m0/s1. The number of nitrogens with one attached hydrogen (secondary N) is 1. The Morgan fingerprint density at radius 2 is 1.80 bits per heavy atom. The Morgan fingerprint density at radius 3 is 2.45 bits per heavy atom. The molecule has 3 atom stereocenters. The lowest BCUT2D eigenvalue weighted by atomic mass is 10.0. The quantitative estimate of drug-likeness (QED) is 0.403. The van der Waals surface area contributed by atoms with E-state index < -0.39 is 11.5 Å². The first kappa shape index (κ1) is 31.3. The number of carbonyl (C=O) groups is 2. The fraction of sp³-hybridized carbons (Fsp3) is 0.515. The third-order valence-electron chi connectivity index (χ3n) is 8.33. The van der Waals surface area contributed by atoms with Crippen LogP contribution in [0.1, 0.15) is 57.1 Å². The fourth-order valence-corrected chi connectivity index (χ4v) is 6.20. The Balaban J connectivity index is 1.45. The van der Waals surface area contributed by atoms with Gasteiger partial charge in [0.05, 0.1) is 0 Å². The molecule has 3 heterocycles. The number of nitrogens with two attached hydrogens (primary N) is 1. The maximum atomic E-state index is 13.9. The molecule has 0 radical (unpaired) electrons. The van der Waals surface area contributed by atoms with Crippen LogP contribution >= 0.6 is 0 Å². The first-order chi connectivity index (χ1) is 20.8. The molecule has 2 aromatic carbocycles. The number of likely N-dealkylation sites (tertiary alicyclic amines) is 1. The number of hydrogen-bond acceptors (Lipinski definition) is 9. The highest BCUT2D eigenvalue weighted by molar-refractivity contribution is 6.12. The van der Waals surface area contributed by atoms with Crippen LogP contribution in [-0.4, -0.2) is 89.3 Å². The van der Waals surface area contributed by atoms with Gasteiger partial charge in [0.15, 0.2) is 11.5 Å². The predicted molar refractivity (Wildman–Crippen MR) is 173 cm³/mol. The number of aromatic nitrogens is 2. The number of piperazine rings is 1. The highest BCUT2D eigenvalue weighted by Gasteiger charge is 2.34. The van der Waals surface area contributed by atoms with Gasteiger partial charge < -0.3 is 30.3 Å². The van der Waals surface area contributed by atoms with Gasteiger partial charge in [0.2, 0.25) is 0 Å². The Morgan fingerprint density at radius 1 is 1.07 bits per heavy atom. The predicted octanol–water partition coefficient (Wildman–Crippen LogP) is 4.94. The minimum atomic E-state index is -0.586. The first-order valence-corrected chi connectivity index (χ1v) is 15.4. The zero-order valence-corrected chi connectivity index (χ0v) is 26.9. The summed E-state index contributed by atoms with van der Waals surface area (Å²) in [6.07, 6.45) is 0.652. The number of anilines is 3. The van der Waals surface area contributed by atoms with Crippen molar-refractivity contribution in [2.24, 2.45) is 5.92 Å². The average Bonchev–Trinajstić information content (AvgIpc) is 3.28. The van der Waals surface area contributed by atoms with Gasteiger partial charge in [-0.3, -0.25) is 9.69 Å². The summed E-state index contributed by atoms with van der Waals surface area (Å²) >= 11 is 0. The second-order valence-corrected chi connectivity index (χ2v) is 13.2. The molecular formula is C33H45N7O4. The van der Waals surface area contributed by atoms with Crippen LogP contribution in [-0.2, 0) is 4.74 Å². The van der Waals surface area contributed by atoms with Crippen molar-refractivity contribution in [3.05, 3.63) is 47.7 Å². The topological polar surface area (TPSA) is 126 Å². The maximum Gasteiger partial charge on any atom is 0.410 e. The molecule has 0 bridgehead atoms. The molecule has 1 aromatic heterocycles. The van der Waals surface area contributed by atoms with Gasteiger partial charge in [-0.2, -0.15) is 9.97 Å². The summed E-state index contributed by atoms with van der Waals surface area (Å²) in [5, 5.41) is 5.02. The van der Waals surface area contributed by atoms with Crippen molar-refractivity contribution < 1.29 is 19.1 Å². The molecule has 11 heteroatoms. The lowest BCUT2D eigenvalue weighted by molar-refractivity contribution is 0.0218. The molecule has 2 unspecified atom stereocenters. The number of likely N-dealkylation sites (N-methyl/N-ethyl adjacent to an activating group) is 1. The summed E-state index contributed by atoms with van der Waals surface area (Å²) in [5.41, 5.74) is 8.03. The number of carbonyl (C=O) groups excluding carboxylic acids is 2. The maximum absolute atomic E-state index is 13.9. The largest absolute Gasteiger partial charge is 0.462 e. The van der Waals surface area contributed by atoms with Gasteiger partial charge in [-0.05, 0) is 71.0 Å². The first-order valence-electron chi connectivity index (χ1n) is 15.4. The molecule has 0 saturated carbocycles. The van der Waals surface area contributed by atoms with Crippen LogP contribution in [0.5, 0.6) is 6.01 Å². The SMILES string of the molecule is Cc1cccc2cccc(NC(=O)c3nc(OC[C@@H]4CC(C)CN4C)nc(N4CCN(C(=O)OC(C)(C)C)CC4C)c3N)c12. The number of rotatable bonds is 6. The smallest absolute Gasteiger partial charge is 0.410 e. The number of aryl methyl sites for hydroxylation is 1. The van der Waals surface area contributed by atoms with E-state index in [1.165, 1.54) is 0 Å². The third-order valence-corrected chi connectivity index (χ3v) is 8.33. The van der Waals surface area contributed by atoms with Crippen LogP contribution in [0.2, 0.25) is 0 Å². The molecule has 0 spiro atoms. The van der Waals surface area contributed by atoms with Gasteiger partial charge in [0.1, 0.15) is 17.9 Å². The van der Waals surface area contributed by atoms with Crippen molar-refractivity contribution in [2.75, 3.05) is 55.8 Å². The van der Waals surface area contributed by atoms with Crippen LogP contribution in [0.3, 0.4) is 0 Å². The highest BCUT2D eigenvalue weighted by atomic mass is 16.6. The summed E-state index contributed by atoms with van der Waals surface area (Å²) < 4.78 is 11.8. The van der Waals surface area contributed by atoms with Gasteiger partial charge in [-0.25, -0.2) is 4.79 Å². The van der Waals surface area contributed by atoms with Gasteiger partial charge in [0, 0.05) is 49.3 Å². The number of ether oxygens (including phenoxy) is 2. The zero-order chi connectivity index (χ0) is 31.8. The van der Waals surface area contributed by atoms with Crippen molar-refractivity contribution in [2.45, 2.75) is 65.6 Å². The number of nitrogens with zero attached hydrogens (tertiary/aromatic N) is 5. The molecule has 3 N–H and O–H groups in total. The van der Waals surface area contributed by atoms with Gasteiger partial charge in [0.25, 0.3) is 5.91 Å². The van der Waals surface area contributed by atoms with Gasteiger partial charge in [-0.1, -0.05) is 37.3 Å². The number of fused-ring (bicyclic) bond motifs is 1. The summed E-state index contributed by atoms with van der Waals surface area (Å²) in [6, 6.07) is 12.0. The fourth-order valence-electron chi connectivity index (χ4n) is 6.20. The summed E-state index contributed by atoms with van der Waals surface area (Å²) in [5.74, 6) is 0.543. The van der Waals surface area contributed by atoms with E-state index in [9.17, 15) is 9.59 Å². The lowest BCUT2D eigenvalue weighted by Crippen LogP contribution is -2.55. The number of amides is 2. The van der Waals surface area contributed by atoms with Crippen molar-refractivity contribution >= 4 is 40.0 Å². The van der Waals surface area contributed by atoms with E-state index in [-0.39, 0.29) is 35.6 Å². The van der Waals surface area contributed by atoms with Crippen molar-refractivity contribution in [1.82, 2.24) is 19.8 Å². The zero-order valence-electron chi connectivity index (χ0n) is 26.9. The highest BCUT2D eigenvalue weighted by Crippen LogP contribution is 2.32. The van der Waals surface area contributed by atoms with E-state index in [0.717, 1.165) is 29.3 Å². The van der Waals surface area contributed by atoms with Crippen LogP contribution in [0.15, 0.2) is 36.4 Å². The summed E-state index contributed by atoms with van der Waals surface area (Å²) in [6.45, 7) is 14.5. The molecular weight excluding hydrogens is 558 g/mol. The number of benzene rings is 2. The van der Waals surface area contributed by atoms with Gasteiger partial charge in [-0.15, -0.1) is 0 Å². The second kappa shape index (κ2) is 12.5. The van der Waals surface area contributed by atoms with E-state index in [1.54, 1.807) is 4.90 Å². The molecule has 236 valence electrons. The number of hydrogen-bond donors (Lipinski definition) is 2. The Kier molecular flexibility index (Phi) is 8.88. The molecule has 2 saturated heterocycles. The molecule has 11 nitrogen and oxygen atoms in total. The molecule has 0 aliphatic carbocycles. The second-order valence-electron chi connectivity index (χ2n) is 13.2. The Hall–Kier alpha value is -4.12. The van der Waals surface area contributed by atoms with E-state index >= 15 is 0 Å². The Bertz CT molecular complexity index is 1530. The normalized spacial score (nSPS) is 21.0. The average molecular weight is 604 g/mol. The molecule has 2 amide bonds. The van der Waals surface area contributed by atoms with Crippen molar-refractivity contribution in [3.8, 4) is 6.01 Å². The molecule has 44 heavy (non-hydrogen) atoms. The number of nitrogen functional groups attached to an aromatic ring is 1. The van der Waals surface area contributed by atoms with Crippen LogP contribution in [0, 0.1) is 12.8 Å². The van der Waals surface area contributed by atoms with Crippen LogP contribution in [0.4, 0.5) is 22.0 Å². The van der Waals surface area contributed by atoms with Gasteiger partial charge >= 0.3 is 12.1 Å². The molecule has 2 aliphatic heterocycles. The summed E-state index contributed by atoms with van der Waals surface area (Å²) in [7, 11) is 2.09. The molecule has 5 rings (SSSR count). The molecule has 3 aromatic rings. The van der Waals surface area contributed by atoms with Crippen LogP contribution < -0.4 is 20.7 Å². The van der Waals surface area contributed by atoms with Crippen LogP contribution in [0.25, 0.3) is 10.8 Å².